The van der Waals surface area contributed by atoms with Gasteiger partial charge >= 0.3 is 0 Å². The first-order chi connectivity index (χ1) is 10.1. The minimum atomic E-state index is 0. The summed E-state index contributed by atoms with van der Waals surface area (Å²) in [5, 5.41) is 3.10. The van der Waals surface area contributed by atoms with E-state index in [1.54, 1.807) is 11.3 Å². The molecule has 1 heterocycles. The Morgan fingerprint density at radius 3 is 2.68 bits per heavy atom. The van der Waals surface area contributed by atoms with Crippen molar-refractivity contribution in [2.45, 2.75) is 44.6 Å². The minimum Gasteiger partial charge on any atom is -0.345 e. The highest BCUT2D eigenvalue weighted by molar-refractivity contribution is 7.09. The Morgan fingerprint density at radius 2 is 2.09 bits per heavy atom. The quantitative estimate of drug-likeness (QED) is 0.914. The summed E-state index contributed by atoms with van der Waals surface area (Å²) in [6, 6.07) is 0.337. The third-order valence-electron chi connectivity index (χ3n) is 5.28. The molecule has 4 nitrogen and oxygen atoms in total. The zero-order valence-corrected chi connectivity index (χ0v) is 14.7. The number of thiazole rings is 1. The van der Waals surface area contributed by atoms with Crippen molar-refractivity contribution in [2.75, 3.05) is 13.6 Å². The molecule has 2 bridgehead atoms. The van der Waals surface area contributed by atoms with Crippen molar-refractivity contribution in [3.63, 3.8) is 0 Å². The van der Waals surface area contributed by atoms with Crippen LogP contribution in [0.15, 0.2) is 11.6 Å². The molecule has 0 radical (unpaired) electrons. The van der Waals surface area contributed by atoms with Gasteiger partial charge in [0.1, 0.15) is 0 Å². The van der Waals surface area contributed by atoms with Crippen LogP contribution in [-0.2, 0) is 11.2 Å². The van der Waals surface area contributed by atoms with Crippen LogP contribution in [0.1, 0.15) is 37.1 Å². The predicted octanol–water partition coefficient (Wildman–Crippen LogP) is 2.72. The molecular weight excluding hydrogens is 318 g/mol. The van der Waals surface area contributed by atoms with Crippen LogP contribution < -0.4 is 5.73 Å². The van der Waals surface area contributed by atoms with E-state index in [4.69, 9.17) is 5.73 Å². The fourth-order valence-corrected chi connectivity index (χ4v) is 4.66. The normalized spacial score (nSPS) is 30.5. The van der Waals surface area contributed by atoms with Gasteiger partial charge in [-0.2, -0.15) is 0 Å². The van der Waals surface area contributed by atoms with E-state index >= 15 is 0 Å². The van der Waals surface area contributed by atoms with Gasteiger partial charge in [-0.1, -0.05) is 6.42 Å². The first-order valence-corrected chi connectivity index (χ1v) is 8.92. The third-order valence-corrected chi connectivity index (χ3v) is 6.12. The number of amides is 1. The number of fused-ring (bicyclic) bond motifs is 2. The van der Waals surface area contributed by atoms with Crippen molar-refractivity contribution in [3.8, 4) is 0 Å². The molecule has 0 saturated heterocycles. The van der Waals surface area contributed by atoms with Crippen molar-refractivity contribution in [3.05, 3.63) is 16.6 Å². The summed E-state index contributed by atoms with van der Waals surface area (Å²) in [6.07, 6.45) is 8.40. The summed E-state index contributed by atoms with van der Waals surface area (Å²) in [7, 11) is 1.93. The zero-order chi connectivity index (χ0) is 14.8. The zero-order valence-electron chi connectivity index (χ0n) is 13.1. The van der Waals surface area contributed by atoms with Crippen LogP contribution in [0, 0.1) is 17.8 Å². The maximum atomic E-state index is 12.7. The van der Waals surface area contributed by atoms with Gasteiger partial charge in [-0.25, -0.2) is 4.98 Å². The number of rotatable bonds is 4. The van der Waals surface area contributed by atoms with Gasteiger partial charge in [0.15, 0.2) is 0 Å². The first-order valence-electron chi connectivity index (χ1n) is 8.04. The van der Waals surface area contributed by atoms with E-state index in [1.165, 1.54) is 19.3 Å². The lowest BCUT2D eigenvalue weighted by Gasteiger charge is -2.44. The van der Waals surface area contributed by atoms with E-state index < -0.39 is 0 Å². The second kappa shape index (κ2) is 7.75. The van der Waals surface area contributed by atoms with Gasteiger partial charge in [-0.3, -0.25) is 4.79 Å². The molecule has 2 saturated carbocycles. The van der Waals surface area contributed by atoms with Crippen molar-refractivity contribution in [2.24, 2.45) is 23.5 Å². The lowest BCUT2D eigenvalue weighted by molar-refractivity contribution is -0.137. The molecule has 1 amide bonds. The number of carbonyl (C=O) groups excluding carboxylic acids is 1. The largest absolute Gasteiger partial charge is 0.345 e. The van der Waals surface area contributed by atoms with E-state index in [2.05, 4.69) is 4.98 Å². The Balaban J connectivity index is 0.00000176. The number of carbonyl (C=O) groups is 1. The van der Waals surface area contributed by atoms with Crippen LogP contribution in [-0.4, -0.2) is 35.4 Å². The van der Waals surface area contributed by atoms with E-state index in [1.807, 2.05) is 23.5 Å². The van der Waals surface area contributed by atoms with Crippen LogP contribution in [0.25, 0.3) is 0 Å². The van der Waals surface area contributed by atoms with Crippen LogP contribution in [0.2, 0.25) is 0 Å². The predicted molar refractivity (Wildman–Crippen MR) is 92.2 cm³/mol. The molecule has 22 heavy (non-hydrogen) atoms. The number of halogens is 1. The SMILES string of the molecule is CN(CCc1nccs1)C(=O)C1CC2CCCC(C1)C2N.Cl. The van der Waals surface area contributed by atoms with Crippen molar-refractivity contribution >= 4 is 29.7 Å². The first kappa shape index (κ1) is 17.7. The van der Waals surface area contributed by atoms with Gasteiger partial charge in [0.05, 0.1) is 5.01 Å². The Bertz CT molecular complexity index is 468. The molecule has 6 heteroatoms. The molecule has 0 spiro atoms. The minimum absolute atomic E-state index is 0. The van der Waals surface area contributed by atoms with Crippen LogP contribution >= 0.6 is 23.7 Å². The van der Waals surface area contributed by atoms with E-state index in [-0.39, 0.29) is 18.3 Å². The highest BCUT2D eigenvalue weighted by atomic mass is 35.5. The molecular formula is C16H26ClN3OS. The maximum Gasteiger partial charge on any atom is 0.225 e. The summed E-state index contributed by atoms with van der Waals surface area (Å²) in [6.45, 7) is 0.768. The Labute approximate surface area is 142 Å². The Kier molecular flexibility index (Phi) is 6.24. The smallest absolute Gasteiger partial charge is 0.225 e. The standard InChI is InChI=1S/C16H25N3OS.ClH/c1-19(7-5-14-18-6-8-21-14)16(20)13-9-11-3-2-4-12(10-13)15(11)17;/h6,8,11-13,15H,2-5,7,9-10,17H2,1H3;1H. The second-order valence-electron chi connectivity index (χ2n) is 6.63. The Morgan fingerprint density at radius 1 is 1.41 bits per heavy atom. The fraction of sp³-hybridized carbons (Fsp3) is 0.750. The topological polar surface area (TPSA) is 59.2 Å². The number of hydrogen-bond acceptors (Lipinski definition) is 4. The monoisotopic (exact) mass is 343 g/mol. The molecule has 2 fully saturated rings. The second-order valence-corrected chi connectivity index (χ2v) is 7.61. The van der Waals surface area contributed by atoms with E-state index in [9.17, 15) is 4.79 Å². The van der Waals surface area contributed by atoms with Gasteiger partial charge in [-0.05, 0) is 37.5 Å². The third kappa shape index (κ3) is 3.81. The average Bonchev–Trinajstić information content (AvgIpc) is 2.97. The van der Waals surface area contributed by atoms with Crippen LogP contribution in [0.3, 0.4) is 0 Å². The fourth-order valence-electron chi connectivity index (χ4n) is 4.05. The molecule has 0 aromatic carbocycles. The lowest BCUT2D eigenvalue weighted by Crippen LogP contribution is -2.49. The Hall–Kier alpha value is -0.650. The molecule has 2 aliphatic carbocycles. The summed E-state index contributed by atoms with van der Waals surface area (Å²) in [5.41, 5.74) is 6.31. The molecule has 2 aliphatic rings. The highest BCUT2D eigenvalue weighted by Crippen LogP contribution is 2.42. The van der Waals surface area contributed by atoms with Gasteiger partial charge < -0.3 is 10.6 Å². The molecule has 124 valence electrons. The molecule has 1 aromatic heterocycles. The molecule has 3 rings (SSSR count). The summed E-state index contributed by atoms with van der Waals surface area (Å²) in [5.74, 6) is 1.65. The van der Waals surface area contributed by atoms with E-state index in [0.29, 0.717) is 23.8 Å². The van der Waals surface area contributed by atoms with Crippen LogP contribution in [0.5, 0.6) is 0 Å². The van der Waals surface area contributed by atoms with Crippen molar-refractivity contribution in [1.82, 2.24) is 9.88 Å². The average molecular weight is 344 g/mol. The van der Waals surface area contributed by atoms with Crippen LogP contribution in [0.4, 0.5) is 0 Å². The molecule has 1 aromatic rings. The van der Waals surface area contributed by atoms with Gasteiger partial charge in [0, 0.05) is 43.5 Å². The number of aromatic nitrogens is 1. The maximum absolute atomic E-state index is 12.7. The van der Waals surface area contributed by atoms with Crippen molar-refractivity contribution in [1.29, 1.82) is 0 Å². The van der Waals surface area contributed by atoms with Gasteiger partial charge in [-0.15, -0.1) is 23.7 Å². The van der Waals surface area contributed by atoms with Crippen molar-refractivity contribution < 1.29 is 4.79 Å². The van der Waals surface area contributed by atoms with E-state index in [0.717, 1.165) is 30.8 Å². The summed E-state index contributed by atoms with van der Waals surface area (Å²) < 4.78 is 0. The molecule has 2 atom stereocenters. The van der Waals surface area contributed by atoms with Gasteiger partial charge in [0.2, 0.25) is 5.91 Å². The number of nitrogens with two attached hydrogens (primary N) is 1. The number of hydrogen-bond donors (Lipinski definition) is 1. The molecule has 0 aliphatic heterocycles. The van der Waals surface area contributed by atoms with Gasteiger partial charge in [0.25, 0.3) is 0 Å². The lowest BCUT2D eigenvalue weighted by atomic mass is 9.65. The number of likely N-dealkylation sites (N-methyl/N-ethyl adjacent to an activating group) is 1. The summed E-state index contributed by atoms with van der Waals surface area (Å²) in [4.78, 5) is 18.8. The molecule has 2 unspecified atom stereocenters. The summed E-state index contributed by atoms with van der Waals surface area (Å²) >= 11 is 1.66. The highest BCUT2D eigenvalue weighted by Gasteiger charge is 2.41. The molecule has 2 N–H and O–H groups in total. The number of nitrogens with zero attached hydrogens (tertiary/aromatic N) is 2.